The molecule has 0 aromatic carbocycles. The first-order chi connectivity index (χ1) is 5.34. The molecule has 0 aromatic rings. The molecule has 0 spiro atoms. The summed E-state index contributed by atoms with van der Waals surface area (Å²) >= 11 is 0. The van der Waals surface area contributed by atoms with E-state index in [4.69, 9.17) is 5.11 Å². The van der Waals surface area contributed by atoms with Gasteiger partial charge in [0.2, 0.25) is 10.0 Å². The second-order valence-electron chi connectivity index (χ2n) is 3.15. The van der Waals surface area contributed by atoms with E-state index in [0.29, 0.717) is 0 Å². The van der Waals surface area contributed by atoms with E-state index < -0.39 is 15.3 Å². The Balaban J connectivity index is 4.62. The molecule has 0 bridgehead atoms. The molecule has 0 heterocycles. The zero-order valence-electron chi connectivity index (χ0n) is 7.98. The summed E-state index contributed by atoms with van der Waals surface area (Å²) in [6.45, 7) is 4.75. The highest BCUT2D eigenvalue weighted by Crippen LogP contribution is 2.09. The fourth-order valence-corrected chi connectivity index (χ4v) is 2.02. The van der Waals surface area contributed by atoms with Crippen LogP contribution in [0.2, 0.25) is 0 Å². The third-order valence-corrected chi connectivity index (χ3v) is 4.28. The van der Waals surface area contributed by atoms with E-state index in [1.165, 1.54) is 18.3 Å². The van der Waals surface area contributed by atoms with Gasteiger partial charge < -0.3 is 5.11 Å². The van der Waals surface area contributed by atoms with E-state index in [0.717, 1.165) is 0 Å². The molecular weight excluding hydrogens is 178 g/mol. The minimum Gasteiger partial charge on any atom is -0.395 e. The number of sulfonamides is 1. The summed E-state index contributed by atoms with van der Waals surface area (Å²) < 4.78 is 24.2. The zero-order chi connectivity index (χ0) is 9.94. The molecule has 0 amide bonds. The van der Waals surface area contributed by atoms with Crippen LogP contribution < -0.4 is 0 Å². The van der Waals surface area contributed by atoms with Gasteiger partial charge in [-0.05, 0) is 20.8 Å². The molecular formula is C7H17NO3S. The summed E-state index contributed by atoms with van der Waals surface area (Å²) in [5.41, 5.74) is 0. The van der Waals surface area contributed by atoms with Gasteiger partial charge in [-0.15, -0.1) is 0 Å². The molecule has 0 aliphatic carbocycles. The molecule has 0 aliphatic rings. The molecule has 0 saturated heterocycles. The first-order valence-corrected chi connectivity index (χ1v) is 5.42. The Morgan fingerprint density at radius 3 is 2.00 bits per heavy atom. The largest absolute Gasteiger partial charge is 0.395 e. The van der Waals surface area contributed by atoms with Crippen molar-refractivity contribution < 1.29 is 13.5 Å². The summed E-state index contributed by atoms with van der Waals surface area (Å²) in [4.78, 5) is 0. The van der Waals surface area contributed by atoms with Crippen LogP contribution in [0.25, 0.3) is 0 Å². The Labute approximate surface area is 74.2 Å². The first-order valence-electron chi connectivity index (χ1n) is 3.91. The Kier molecular flexibility index (Phi) is 4.16. The fraction of sp³-hybridized carbons (Fsp3) is 1.00. The van der Waals surface area contributed by atoms with Crippen LogP contribution >= 0.6 is 0 Å². The van der Waals surface area contributed by atoms with E-state index >= 15 is 0 Å². The third-order valence-electron chi connectivity index (χ3n) is 1.89. The maximum absolute atomic E-state index is 11.5. The summed E-state index contributed by atoms with van der Waals surface area (Å²) in [6, 6.07) is -0.0657. The molecule has 1 unspecified atom stereocenters. The van der Waals surface area contributed by atoms with Crippen molar-refractivity contribution in [2.45, 2.75) is 32.1 Å². The van der Waals surface area contributed by atoms with Crippen LogP contribution in [0.5, 0.6) is 0 Å². The molecule has 1 atom stereocenters. The number of hydrogen-bond donors (Lipinski definition) is 1. The van der Waals surface area contributed by atoms with E-state index in [-0.39, 0.29) is 12.6 Å². The molecule has 5 heteroatoms. The lowest BCUT2D eigenvalue weighted by atomic mass is 10.4. The number of rotatable bonds is 4. The number of aliphatic hydroxyl groups is 1. The second-order valence-corrected chi connectivity index (χ2v) is 5.56. The quantitative estimate of drug-likeness (QED) is 0.689. The van der Waals surface area contributed by atoms with Crippen LogP contribution in [0.4, 0.5) is 0 Å². The highest BCUT2D eigenvalue weighted by atomic mass is 32.2. The van der Waals surface area contributed by atoms with Crippen molar-refractivity contribution in [2.24, 2.45) is 0 Å². The highest BCUT2D eigenvalue weighted by molar-refractivity contribution is 7.89. The van der Waals surface area contributed by atoms with Gasteiger partial charge in [-0.3, -0.25) is 0 Å². The van der Waals surface area contributed by atoms with Gasteiger partial charge in [-0.2, -0.15) is 0 Å². The van der Waals surface area contributed by atoms with E-state index in [1.54, 1.807) is 13.8 Å². The minimum absolute atomic E-state index is 0.0657. The predicted octanol–water partition coefficient (Wildman–Crippen LogP) is 0.0372. The zero-order valence-corrected chi connectivity index (χ0v) is 8.80. The normalized spacial score (nSPS) is 15.6. The summed E-state index contributed by atoms with van der Waals surface area (Å²) in [5, 5.41) is 7.98. The summed E-state index contributed by atoms with van der Waals surface area (Å²) in [6.07, 6.45) is 0. The van der Waals surface area contributed by atoms with Crippen molar-refractivity contribution in [3.8, 4) is 0 Å². The highest BCUT2D eigenvalue weighted by Gasteiger charge is 2.26. The molecule has 1 N–H and O–H groups in total. The van der Waals surface area contributed by atoms with Crippen LogP contribution in [-0.4, -0.2) is 42.8 Å². The van der Waals surface area contributed by atoms with Gasteiger partial charge in [-0.25, -0.2) is 12.7 Å². The average molecular weight is 195 g/mol. The van der Waals surface area contributed by atoms with Gasteiger partial charge in [-0.1, -0.05) is 0 Å². The van der Waals surface area contributed by atoms with Gasteiger partial charge in [0.25, 0.3) is 0 Å². The van der Waals surface area contributed by atoms with E-state index in [2.05, 4.69) is 0 Å². The minimum atomic E-state index is -3.30. The lowest BCUT2D eigenvalue weighted by Gasteiger charge is -2.23. The second kappa shape index (κ2) is 4.20. The molecule has 0 radical (unpaired) electrons. The van der Waals surface area contributed by atoms with Crippen molar-refractivity contribution >= 4 is 10.0 Å². The van der Waals surface area contributed by atoms with Gasteiger partial charge in [0.15, 0.2) is 0 Å². The standard InChI is InChI=1S/C7H17NO3S/c1-6(2)8(4)12(10,11)7(3)5-9/h6-7,9H,5H2,1-4H3. The molecule has 0 rings (SSSR count). The number of hydrogen-bond acceptors (Lipinski definition) is 3. The van der Waals surface area contributed by atoms with Crippen LogP contribution in [0.3, 0.4) is 0 Å². The van der Waals surface area contributed by atoms with Gasteiger partial charge in [0, 0.05) is 13.1 Å². The Hall–Kier alpha value is -0.130. The Bertz CT molecular complexity index is 223. The van der Waals surface area contributed by atoms with Crippen LogP contribution in [0.1, 0.15) is 20.8 Å². The van der Waals surface area contributed by atoms with E-state index in [1.807, 2.05) is 0 Å². The molecule has 0 saturated carbocycles. The number of nitrogens with zero attached hydrogens (tertiary/aromatic N) is 1. The van der Waals surface area contributed by atoms with Gasteiger partial charge in [0.05, 0.1) is 11.9 Å². The predicted molar refractivity (Wildman–Crippen MR) is 48.4 cm³/mol. The molecule has 0 fully saturated rings. The molecule has 74 valence electrons. The van der Waals surface area contributed by atoms with Crippen LogP contribution in [0.15, 0.2) is 0 Å². The van der Waals surface area contributed by atoms with E-state index in [9.17, 15) is 8.42 Å². The van der Waals surface area contributed by atoms with Crippen molar-refractivity contribution in [3.05, 3.63) is 0 Å². The van der Waals surface area contributed by atoms with Crippen molar-refractivity contribution in [3.63, 3.8) is 0 Å². The smallest absolute Gasteiger partial charge is 0.218 e. The first kappa shape index (κ1) is 11.9. The lowest BCUT2D eigenvalue weighted by Crippen LogP contribution is -2.40. The Morgan fingerprint density at radius 2 is 1.75 bits per heavy atom. The topological polar surface area (TPSA) is 57.6 Å². The maximum atomic E-state index is 11.5. The molecule has 0 aliphatic heterocycles. The summed E-state index contributed by atoms with van der Waals surface area (Å²) in [5.74, 6) is 0. The Morgan fingerprint density at radius 1 is 1.33 bits per heavy atom. The van der Waals surface area contributed by atoms with Crippen molar-refractivity contribution in [1.29, 1.82) is 0 Å². The molecule has 4 nitrogen and oxygen atoms in total. The third kappa shape index (κ3) is 2.43. The van der Waals surface area contributed by atoms with Gasteiger partial charge >= 0.3 is 0 Å². The SMILES string of the molecule is CC(C)N(C)S(=O)(=O)C(C)CO. The molecule has 12 heavy (non-hydrogen) atoms. The van der Waals surface area contributed by atoms with Gasteiger partial charge in [0.1, 0.15) is 0 Å². The fourth-order valence-electron chi connectivity index (χ4n) is 0.672. The molecule has 0 aromatic heterocycles. The van der Waals surface area contributed by atoms with Crippen LogP contribution in [-0.2, 0) is 10.0 Å². The monoisotopic (exact) mass is 195 g/mol. The van der Waals surface area contributed by atoms with Crippen LogP contribution in [0, 0.1) is 0 Å². The lowest BCUT2D eigenvalue weighted by molar-refractivity contribution is 0.288. The van der Waals surface area contributed by atoms with Crippen molar-refractivity contribution in [2.75, 3.05) is 13.7 Å². The average Bonchev–Trinajstić information content (AvgIpc) is 2.01. The maximum Gasteiger partial charge on any atom is 0.218 e. The van der Waals surface area contributed by atoms with Crippen molar-refractivity contribution in [1.82, 2.24) is 4.31 Å². The summed E-state index contributed by atoms with van der Waals surface area (Å²) in [7, 11) is -1.78. The number of aliphatic hydroxyl groups excluding tert-OH is 1.